The number of nitrogens with zero attached hydrogens (tertiary/aromatic N) is 1. The van der Waals surface area contributed by atoms with Crippen LogP contribution in [0.3, 0.4) is 0 Å². The number of fused-ring (bicyclic) bond motifs is 7. The maximum atomic E-state index is 6.54. The summed E-state index contributed by atoms with van der Waals surface area (Å²) in [4.78, 5) is 7.92. The van der Waals surface area contributed by atoms with Crippen molar-refractivity contribution < 1.29 is 4.42 Å². The molecule has 3 heterocycles. The van der Waals surface area contributed by atoms with E-state index in [4.69, 9.17) is 9.41 Å². The standard InChI is InChI=1S/C44H28N2OS/c1-2-9-27(10-3-1)29-17-19-30(20-18-29)32-23-24-34-38(26-32)47-37-15-8-14-36(40(34)37)44-45-41(33-22-21-28-11-4-5-12-31(28)25-33)43-42(46-44)35-13-6-7-16-39(35)48-43/h1-26,42H,(H,45,46). The molecule has 0 bridgehead atoms. The van der Waals surface area contributed by atoms with Crippen molar-refractivity contribution in [2.45, 2.75) is 10.9 Å². The van der Waals surface area contributed by atoms with Gasteiger partial charge in [-0.2, -0.15) is 0 Å². The summed E-state index contributed by atoms with van der Waals surface area (Å²) in [7, 11) is 0. The highest BCUT2D eigenvalue weighted by Crippen LogP contribution is 2.52. The SMILES string of the molecule is c1ccc(-c2ccc(-c3ccc4c(c3)oc3cccc(C5=NC(c6ccc7ccccc7c6)=C6Sc7ccccc7C6N5)c34)cc2)cc1. The second-order valence-corrected chi connectivity index (χ2v) is 13.5. The van der Waals surface area contributed by atoms with Crippen LogP contribution < -0.4 is 5.32 Å². The molecule has 1 atom stereocenters. The average Bonchev–Trinajstić information content (AvgIpc) is 3.73. The van der Waals surface area contributed by atoms with E-state index in [0.717, 1.165) is 55.7 Å². The van der Waals surface area contributed by atoms with Crippen molar-refractivity contribution >= 4 is 56.0 Å². The first-order chi connectivity index (χ1) is 23.8. The molecule has 1 N–H and O–H groups in total. The molecule has 2 aliphatic heterocycles. The fourth-order valence-electron chi connectivity index (χ4n) is 7.16. The van der Waals surface area contributed by atoms with Crippen molar-refractivity contribution in [1.29, 1.82) is 0 Å². The first-order valence-corrected chi connectivity index (χ1v) is 17.1. The molecule has 0 saturated carbocycles. The Bertz CT molecular complexity index is 2610. The zero-order chi connectivity index (χ0) is 31.6. The van der Waals surface area contributed by atoms with Crippen LogP contribution in [0, 0.1) is 0 Å². The van der Waals surface area contributed by atoms with Gasteiger partial charge in [-0.15, -0.1) is 0 Å². The number of furan rings is 1. The molecular formula is C44H28N2OS. The zero-order valence-corrected chi connectivity index (χ0v) is 26.7. The van der Waals surface area contributed by atoms with Crippen LogP contribution >= 0.6 is 11.8 Å². The van der Waals surface area contributed by atoms with Crippen LogP contribution in [0.5, 0.6) is 0 Å². The van der Waals surface area contributed by atoms with Gasteiger partial charge in [-0.3, -0.25) is 0 Å². The Morgan fingerprint density at radius 2 is 1.25 bits per heavy atom. The predicted octanol–water partition coefficient (Wildman–Crippen LogP) is 11.6. The van der Waals surface area contributed by atoms with E-state index in [0.29, 0.717) is 0 Å². The van der Waals surface area contributed by atoms with Crippen molar-refractivity contribution in [2.24, 2.45) is 4.99 Å². The third kappa shape index (κ3) is 4.41. The minimum absolute atomic E-state index is 0.0269. The van der Waals surface area contributed by atoms with Crippen LogP contribution in [0.1, 0.15) is 22.7 Å². The normalized spacial score (nSPS) is 15.4. The molecule has 0 radical (unpaired) electrons. The van der Waals surface area contributed by atoms with E-state index < -0.39 is 0 Å². The summed E-state index contributed by atoms with van der Waals surface area (Å²) >= 11 is 1.82. The Hall–Kier alpha value is -5.84. The molecule has 48 heavy (non-hydrogen) atoms. The van der Waals surface area contributed by atoms with E-state index in [-0.39, 0.29) is 6.04 Å². The van der Waals surface area contributed by atoms with Gasteiger partial charge in [-0.1, -0.05) is 139 Å². The first-order valence-electron chi connectivity index (χ1n) is 16.2. The van der Waals surface area contributed by atoms with Gasteiger partial charge in [0, 0.05) is 31.7 Å². The Morgan fingerprint density at radius 1 is 0.542 bits per heavy atom. The molecule has 0 saturated heterocycles. The largest absolute Gasteiger partial charge is 0.456 e. The van der Waals surface area contributed by atoms with Gasteiger partial charge in [0.15, 0.2) is 0 Å². The lowest BCUT2D eigenvalue weighted by Crippen LogP contribution is -2.32. The summed E-state index contributed by atoms with van der Waals surface area (Å²) in [6.07, 6.45) is 0. The van der Waals surface area contributed by atoms with Gasteiger partial charge in [-0.05, 0) is 68.9 Å². The number of amidine groups is 1. The van der Waals surface area contributed by atoms with Gasteiger partial charge >= 0.3 is 0 Å². The van der Waals surface area contributed by atoms with Gasteiger partial charge in [0.1, 0.15) is 17.0 Å². The number of aliphatic imine (C=N–C) groups is 1. The van der Waals surface area contributed by atoms with E-state index >= 15 is 0 Å². The highest BCUT2D eigenvalue weighted by atomic mass is 32.2. The molecule has 0 amide bonds. The molecular weight excluding hydrogens is 605 g/mol. The Kier molecular flexibility index (Phi) is 6.18. The monoisotopic (exact) mass is 632 g/mol. The molecule has 10 rings (SSSR count). The van der Waals surface area contributed by atoms with Crippen molar-refractivity contribution in [1.82, 2.24) is 5.32 Å². The Morgan fingerprint density at radius 3 is 2.12 bits per heavy atom. The molecule has 2 aliphatic rings. The van der Waals surface area contributed by atoms with Gasteiger partial charge in [-0.25, -0.2) is 4.99 Å². The van der Waals surface area contributed by atoms with E-state index in [1.807, 2.05) is 17.8 Å². The molecule has 0 fully saturated rings. The summed E-state index contributed by atoms with van der Waals surface area (Å²) in [5, 5.41) is 8.45. The van der Waals surface area contributed by atoms with Crippen LogP contribution in [-0.4, -0.2) is 5.84 Å². The van der Waals surface area contributed by atoms with Gasteiger partial charge in [0.05, 0.1) is 11.7 Å². The Balaban J connectivity index is 1.09. The van der Waals surface area contributed by atoms with Crippen molar-refractivity contribution in [3.63, 3.8) is 0 Å². The molecule has 1 aromatic heterocycles. The minimum atomic E-state index is 0.0269. The first kappa shape index (κ1) is 27.3. The van der Waals surface area contributed by atoms with Crippen LogP contribution in [-0.2, 0) is 0 Å². The van der Waals surface area contributed by atoms with Crippen molar-refractivity contribution in [3.05, 3.63) is 179 Å². The van der Waals surface area contributed by atoms with Crippen molar-refractivity contribution in [3.8, 4) is 22.3 Å². The fourth-order valence-corrected chi connectivity index (χ4v) is 8.42. The van der Waals surface area contributed by atoms with Crippen LogP contribution in [0.15, 0.2) is 177 Å². The number of benzene rings is 7. The number of hydrogen-bond donors (Lipinski definition) is 1. The van der Waals surface area contributed by atoms with Crippen LogP contribution in [0.2, 0.25) is 0 Å². The van der Waals surface area contributed by atoms with Crippen LogP contribution in [0.25, 0.3) is 60.7 Å². The smallest absolute Gasteiger partial charge is 0.136 e. The zero-order valence-electron chi connectivity index (χ0n) is 25.9. The van der Waals surface area contributed by atoms with E-state index in [1.54, 1.807) is 0 Å². The maximum Gasteiger partial charge on any atom is 0.136 e. The highest BCUT2D eigenvalue weighted by Gasteiger charge is 2.35. The molecule has 226 valence electrons. The maximum absolute atomic E-state index is 6.54. The summed E-state index contributed by atoms with van der Waals surface area (Å²) in [5.74, 6) is 0.859. The lowest BCUT2D eigenvalue weighted by atomic mass is 9.97. The fraction of sp³-hybridized carbons (Fsp3) is 0.0227. The molecule has 0 spiro atoms. The van der Waals surface area contributed by atoms with Crippen LogP contribution in [0.4, 0.5) is 0 Å². The molecule has 7 aromatic carbocycles. The number of thioether (sulfide) groups is 1. The summed E-state index contributed by atoms with van der Waals surface area (Å²) in [6.45, 7) is 0. The topological polar surface area (TPSA) is 37.5 Å². The Labute approximate surface area is 282 Å². The third-order valence-electron chi connectivity index (χ3n) is 9.55. The lowest BCUT2D eigenvalue weighted by molar-refractivity contribution is 0.669. The quantitative estimate of drug-likeness (QED) is 0.210. The molecule has 8 aromatic rings. The lowest BCUT2D eigenvalue weighted by Gasteiger charge is -2.26. The summed E-state index contributed by atoms with van der Waals surface area (Å²) in [6, 6.07) is 56.0. The summed E-state index contributed by atoms with van der Waals surface area (Å²) < 4.78 is 6.54. The number of nitrogens with one attached hydrogen (secondary N) is 1. The predicted molar refractivity (Wildman–Crippen MR) is 200 cm³/mol. The van der Waals surface area contributed by atoms with E-state index in [2.05, 4.69) is 157 Å². The van der Waals surface area contributed by atoms with Crippen molar-refractivity contribution in [2.75, 3.05) is 0 Å². The molecule has 0 aliphatic carbocycles. The second-order valence-electron chi connectivity index (χ2n) is 12.4. The highest BCUT2D eigenvalue weighted by molar-refractivity contribution is 8.03. The van der Waals surface area contributed by atoms with Gasteiger partial charge in [0.25, 0.3) is 0 Å². The number of rotatable bonds is 4. The number of hydrogen-bond acceptors (Lipinski definition) is 4. The molecule has 4 heteroatoms. The second kappa shape index (κ2) is 10.9. The third-order valence-corrected chi connectivity index (χ3v) is 10.8. The minimum Gasteiger partial charge on any atom is -0.456 e. The van der Waals surface area contributed by atoms with Gasteiger partial charge in [0.2, 0.25) is 0 Å². The summed E-state index contributed by atoms with van der Waals surface area (Å²) in [5.41, 5.74) is 10.9. The van der Waals surface area contributed by atoms with E-state index in [9.17, 15) is 0 Å². The van der Waals surface area contributed by atoms with Gasteiger partial charge < -0.3 is 9.73 Å². The average molecular weight is 633 g/mol. The molecule has 1 unspecified atom stereocenters. The molecule has 3 nitrogen and oxygen atoms in total. The van der Waals surface area contributed by atoms with E-state index in [1.165, 1.54) is 37.3 Å².